The molecular weight excluding hydrogens is 406 g/mol. The zero-order valence-electron chi connectivity index (χ0n) is 16.0. The van der Waals surface area contributed by atoms with Crippen molar-refractivity contribution >= 4 is 40.0 Å². The lowest BCUT2D eigenvalue weighted by molar-refractivity contribution is -0.131. The molecule has 1 aromatic heterocycles. The second-order valence-corrected chi connectivity index (χ2v) is 7.84. The van der Waals surface area contributed by atoms with E-state index in [1.807, 2.05) is 24.3 Å². The van der Waals surface area contributed by atoms with Gasteiger partial charge in [-0.25, -0.2) is 0 Å². The quantitative estimate of drug-likeness (QED) is 0.600. The van der Waals surface area contributed by atoms with Gasteiger partial charge < -0.3 is 19.1 Å². The Balaban J connectivity index is 1.45. The fraction of sp³-hybridized carbons (Fsp3) is 0.227. The van der Waals surface area contributed by atoms with Crippen molar-refractivity contribution in [2.24, 2.45) is 5.92 Å². The molecule has 0 saturated carbocycles. The molecule has 1 fully saturated rings. The van der Waals surface area contributed by atoms with Gasteiger partial charge in [-0.3, -0.25) is 9.59 Å². The highest BCUT2D eigenvalue weighted by Crippen LogP contribution is 2.43. The second-order valence-electron chi connectivity index (χ2n) is 7.44. The molecule has 2 aliphatic heterocycles. The number of likely N-dealkylation sites (tertiary alicyclic amines) is 1. The Bertz CT molecular complexity index is 1180. The van der Waals surface area contributed by atoms with Gasteiger partial charge in [0.05, 0.1) is 10.7 Å². The first-order valence-electron chi connectivity index (χ1n) is 9.58. The fourth-order valence-corrected chi connectivity index (χ4v) is 4.18. The molecule has 152 valence electrons. The average Bonchev–Trinajstić information content (AvgIpc) is 3.15. The van der Waals surface area contributed by atoms with Crippen molar-refractivity contribution in [2.75, 3.05) is 31.1 Å². The number of anilines is 1. The van der Waals surface area contributed by atoms with Gasteiger partial charge in [-0.15, -0.1) is 0 Å². The van der Waals surface area contributed by atoms with Crippen molar-refractivity contribution in [2.45, 2.75) is 0 Å². The third-order valence-electron chi connectivity index (χ3n) is 5.50. The average molecular weight is 424 g/mol. The van der Waals surface area contributed by atoms with E-state index < -0.39 is 0 Å². The van der Waals surface area contributed by atoms with Crippen LogP contribution in [-0.2, 0) is 9.59 Å². The van der Waals surface area contributed by atoms with Crippen molar-refractivity contribution in [3.05, 3.63) is 54.1 Å². The Kier molecular flexibility index (Phi) is 4.47. The second kappa shape index (κ2) is 7.18. The number of amides is 2. The standard InChI is InChI=1S/C22H18ClN3O4/c1-2-20(27)25-9-13(10-25)11-26-18-8-16(23)15(7-19(18)29-12-21(26)28)22-14-5-3-4-6-17(14)24-30-22/h2-8,13H,1,9-12H2. The summed E-state index contributed by atoms with van der Waals surface area (Å²) in [6.07, 6.45) is 1.31. The number of rotatable bonds is 4. The Morgan fingerprint density at radius 1 is 1.30 bits per heavy atom. The predicted octanol–water partition coefficient (Wildman–Crippen LogP) is 3.52. The van der Waals surface area contributed by atoms with E-state index in [4.69, 9.17) is 20.9 Å². The van der Waals surface area contributed by atoms with Crippen LogP contribution in [-0.4, -0.2) is 48.1 Å². The van der Waals surface area contributed by atoms with Crippen LogP contribution in [0.5, 0.6) is 5.75 Å². The first-order chi connectivity index (χ1) is 14.5. The van der Waals surface area contributed by atoms with Crippen molar-refractivity contribution in [1.82, 2.24) is 10.1 Å². The Hall–Kier alpha value is -3.32. The highest BCUT2D eigenvalue weighted by molar-refractivity contribution is 6.34. The molecule has 8 heteroatoms. The van der Waals surface area contributed by atoms with E-state index in [1.165, 1.54) is 6.08 Å². The Morgan fingerprint density at radius 3 is 2.90 bits per heavy atom. The smallest absolute Gasteiger partial charge is 0.265 e. The van der Waals surface area contributed by atoms with Gasteiger partial charge in [0.25, 0.3) is 5.91 Å². The monoisotopic (exact) mass is 423 g/mol. The molecule has 3 aromatic rings. The van der Waals surface area contributed by atoms with Crippen LogP contribution in [0, 0.1) is 5.92 Å². The lowest BCUT2D eigenvalue weighted by atomic mass is 9.98. The number of carbonyl (C=O) groups excluding carboxylic acids is 2. The lowest BCUT2D eigenvalue weighted by Crippen LogP contribution is -2.55. The molecule has 0 radical (unpaired) electrons. The summed E-state index contributed by atoms with van der Waals surface area (Å²) in [4.78, 5) is 27.6. The van der Waals surface area contributed by atoms with Crippen LogP contribution in [0.3, 0.4) is 0 Å². The molecule has 7 nitrogen and oxygen atoms in total. The molecule has 0 bridgehead atoms. The van der Waals surface area contributed by atoms with E-state index in [-0.39, 0.29) is 24.3 Å². The lowest BCUT2D eigenvalue weighted by Gasteiger charge is -2.42. The molecule has 0 unspecified atom stereocenters. The maximum Gasteiger partial charge on any atom is 0.265 e. The van der Waals surface area contributed by atoms with Crippen LogP contribution in [0.15, 0.2) is 53.6 Å². The predicted molar refractivity (Wildman–Crippen MR) is 113 cm³/mol. The number of benzene rings is 2. The van der Waals surface area contributed by atoms with Gasteiger partial charge in [0.15, 0.2) is 12.4 Å². The molecule has 2 aliphatic rings. The molecule has 3 heterocycles. The van der Waals surface area contributed by atoms with Crippen molar-refractivity contribution in [1.29, 1.82) is 0 Å². The summed E-state index contributed by atoms with van der Waals surface area (Å²) >= 11 is 6.59. The van der Waals surface area contributed by atoms with Crippen molar-refractivity contribution in [3.8, 4) is 17.1 Å². The zero-order chi connectivity index (χ0) is 20.8. The van der Waals surface area contributed by atoms with E-state index in [2.05, 4.69) is 11.7 Å². The van der Waals surface area contributed by atoms with Gasteiger partial charge >= 0.3 is 0 Å². The van der Waals surface area contributed by atoms with Crippen LogP contribution < -0.4 is 9.64 Å². The first kappa shape index (κ1) is 18.7. The van der Waals surface area contributed by atoms with Gasteiger partial charge in [0, 0.05) is 36.5 Å². The van der Waals surface area contributed by atoms with Crippen LogP contribution in [0.4, 0.5) is 5.69 Å². The fourth-order valence-electron chi connectivity index (χ4n) is 3.93. The molecule has 30 heavy (non-hydrogen) atoms. The molecule has 0 atom stereocenters. The number of carbonyl (C=O) groups is 2. The summed E-state index contributed by atoms with van der Waals surface area (Å²) < 4.78 is 11.2. The maximum atomic E-state index is 12.5. The first-order valence-corrected chi connectivity index (χ1v) is 9.96. The topological polar surface area (TPSA) is 75.9 Å². The molecule has 0 N–H and O–H groups in total. The van der Waals surface area contributed by atoms with Crippen LogP contribution in [0.1, 0.15) is 0 Å². The third kappa shape index (κ3) is 3.02. The van der Waals surface area contributed by atoms with E-state index in [1.54, 1.807) is 21.9 Å². The summed E-state index contributed by atoms with van der Waals surface area (Å²) in [6.45, 7) is 5.15. The Labute approximate surface area is 177 Å². The van der Waals surface area contributed by atoms with Crippen molar-refractivity contribution in [3.63, 3.8) is 0 Å². The normalized spacial score (nSPS) is 16.2. The van der Waals surface area contributed by atoms with Crippen LogP contribution >= 0.6 is 11.6 Å². The van der Waals surface area contributed by atoms with Gasteiger partial charge in [-0.1, -0.05) is 35.5 Å². The minimum absolute atomic E-state index is 0.0484. The summed E-state index contributed by atoms with van der Waals surface area (Å²) in [6, 6.07) is 11.1. The molecular formula is C22H18ClN3O4. The van der Waals surface area contributed by atoms with Crippen LogP contribution in [0.25, 0.3) is 22.2 Å². The molecule has 1 saturated heterocycles. The number of halogens is 1. The molecule has 2 amide bonds. The largest absolute Gasteiger partial charge is 0.482 e. The molecule has 0 spiro atoms. The summed E-state index contributed by atoms with van der Waals surface area (Å²) in [5.74, 6) is 1.09. The van der Waals surface area contributed by atoms with Gasteiger partial charge in [0.2, 0.25) is 5.91 Å². The number of hydrogen-bond acceptors (Lipinski definition) is 5. The SMILES string of the molecule is C=CC(=O)N1CC(CN2C(=O)COc3cc(-c4onc5ccccc45)c(Cl)cc32)C1. The number of hydrogen-bond donors (Lipinski definition) is 0. The molecule has 0 aliphatic carbocycles. The van der Waals surface area contributed by atoms with Crippen molar-refractivity contribution < 1.29 is 18.8 Å². The van der Waals surface area contributed by atoms with E-state index >= 15 is 0 Å². The maximum absolute atomic E-state index is 12.5. The van der Waals surface area contributed by atoms with E-state index in [0.29, 0.717) is 47.4 Å². The summed E-state index contributed by atoms with van der Waals surface area (Å²) in [7, 11) is 0. The minimum atomic E-state index is -0.134. The third-order valence-corrected chi connectivity index (χ3v) is 5.82. The number of nitrogens with zero attached hydrogens (tertiary/aromatic N) is 3. The minimum Gasteiger partial charge on any atom is -0.482 e. The number of ether oxygens (including phenoxy) is 1. The zero-order valence-corrected chi connectivity index (χ0v) is 16.8. The number of fused-ring (bicyclic) bond motifs is 2. The van der Waals surface area contributed by atoms with Crippen LogP contribution in [0.2, 0.25) is 5.02 Å². The number of aromatic nitrogens is 1. The summed E-state index contributed by atoms with van der Waals surface area (Å²) in [5, 5.41) is 5.38. The highest BCUT2D eigenvalue weighted by Gasteiger charge is 2.35. The van der Waals surface area contributed by atoms with Gasteiger partial charge in [-0.2, -0.15) is 0 Å². The highest BCUT2D eigenvalue weighted by atomic mass is 35.5. The Morgan fingerprint density at radius 2 is 2.10 bits per heavy atom. The molecule has 2 aromatic carbocycles. The molecule has 5 rings (SSSR count). The summed E-state index contributed by atoms with van der Waals surface area (Å²) in [5.41, 5.74) is 2.02. The van der Waals surface area contributed by atoms with Gasteiger partial charge in [0.1, 0.15) is 11.3 Å². The van der Waals surface area contributed by atoms with Gasteiger partial charge in [-0.05, 0) is 30.3 Å². The van der Waals surface area contributed by atoms with E-state index in [9.17, 15) is 9.59 Å². The van der Waals surface area contributed by atoms with E-state index in [0.717, 1.165) is 10.9 Å².